The molecular formula is C14H16IN3O. The Labute approximate surface area is 126 Å². The Morgan fingerprint density at radius 1 is 1.21 bits per heavy atom. The topological polar surface area (TPSA) is 51.0 Å². The molecule has 1 saturated heterocycles. The van der Waals surface area contributed by atoms with Crippen LogP contribution < -0.4 is 5.32 Å². The van der Waals surface area contributed by atoms with Crippen molar-refractivity contribution in [2.24, 2.45) is 0 Å². The Kier molecular flexibility index (Phi) is 4.12. The largest absolute Gasteiger partial charge is 0.334 e. The van der Waals surface area contributed by atoms with Crippen LogP contribution >= 0.6 is 22.6 Å². The minimum absolute atomic E-state index is 0.237. The first-order chi connectivity index (χ1) is 9.34. The molecule has 2 heterocycles. The lowest BCUT2D eigenvalue weighted by Crippen LogP contribution is -2.21. The van der Waals surface area contributed by atoms with Gasteiger partial charge < -0.3 is 9.84 Å². The summed E-state index contributed by atoms with van der Waals surface area (Å²) in [6.45, 7) is 1.04. The van der Waals surface area contributed by atoms with Crippen molar-refractivity contribution >= 4 is 22.6 Å². The fourth-order valence-corrected chi connectivity index (χ4v) is 2.99. The summed E-state index contributed by atoms with van der Waals surface area (Å²) < 4.78 is 6.55. The average molecular weight is 369 g/mol. The highest BCUT2D eigenvalue weighted by Gasteiger charge is 2.20. The van der Waals surface area contributed by atoms with E-state index in [4.69, 9.17) is 4.52 Å². The number of hydrogen-bond acceptors (Lipinski definition) is 4. The van der Waals surface area contributed by atoms with E-state index in [9.17, 15) is 0 Å². The molecule has 0 aliphatic carbocycles. The second-order valence-corrected chi connectivity index (χ2v) is 5.96. The van der Waals surface area contributed by atoms with Crippen molar-refractivity contribution in [1.82, 2.24) is 15.5 Å². The Bertz CT molecular complexity index is 547. The molecule has 1 N–H and O–H groups in total. The lowest BCUT2D eigenvalue weighted by molar-refractivity contribution is 0.402. The molecule has 1 aromatic heterocycles. The van der Waals surface area contributed by atoms with Gasteiger partial charge >= 0.3 is 0 Å². The number of rotatable bonds is 2. The Hall–Kier alpha value is -0.950. The lowest BCUT2D eigenvalue weighted by atomic mass is 10.1. The molecule has 2 aromatic rings. The van der Waals surface area contributed by atoms with E-state index in [2.05, 4.69) is 38.0 Å². The number of nitrogens with zero attached hydrogens (tertiary/aromatic N) is 2. The van der Waals surface area contributed by atoms with E-state index in [1.165, 1.54) is 19.3 Å². The summed E-state index contributed by atoms with van der Waals surface area (Å²) in [6.07, 6.45) is 4.83. The van der Waals surface area contributed by atoms with Crippen LogP contribution in [0.4, 0.5) is 0 Å². The molecule has 0 bridgehead atoms. The third kappa shape index (κ3) is 2.97. The molecular weight excluding hydrogens is 353 g/mol. The van der Waals surface area contributed by atoms with Gasteiger partial charge in [-0.1, -0.05) is 30.1 Å². The quantitative estimate of drug-likeness (QED) is 0.823. The molecule has 0 amide bonds. The zero-order chi connectivity index (χ0) is 13.1. The maximum atomic E-state index is 5.42. The second kappa shape index (κ2) is 6.00. The van der Waals surface area contributed by atoms with Gasteiger partial charge in [-0.05, 0) is 54.1 Å². The molecule has 19 heavy (non-hydrogen) atoms. The first-order valence-electron chi connectivity index (χ1n) is 6.66. The standard InChI is InChI=1S/C14H16IN3O/c15-11-7-4-3-6-10(11)14-17-13(18-19-14)12-8-2-1-5-9-16-12/h3-4,6-7,12,16H,1-2,5,8-9H2. The van der Waals surface area contributed by atoms with E-state index in [1.807, 2.05) is 24.3 Å². The van der Waals surface area contributed by atoms with Crippen molar-refractivity contribution < 1.29 is 4.52 Å². The van der Waals surface area contributed by atoms with E-state index >= 15 is 0 Å². The van der Waals surface area contributed by atoms with E-state index in [0.717, 1.165) is 27.9 Å². The molecule has 1 aromatic carbocycles. The summed E-state index contributed by atoms with van der Waals surface area (Å²) in [4.78, 5) is 4.56. The van der Waals surface area contributed by atoms with Crippen LogP contribution in [-0.4, -0.2) is 16.7 Å². The average Bonchev–Trinajstić information content (AvgIpc) is 2.75. The van der Waals surface area contributed by atoms with Crippen molar-refractivity contribution in [3.05, 3.63) is 33.7 Å². The molecule has 4 nitrogen and oxygen atoms in total. The van der Waals surface area contributed by atoms with Gasteiger partial charge in [-0.25, -0.2) is 0 Å². The van der Waals surface area contributed by atoms with Crippen LogP contribution in [0.5, 0.6) is 0 Å². The minimum atomic E-state index is 0.237. The third-order valence-corrected chi connectivity index (χ3v) is 4.36. The Morgan fingerprint density at radius 2 is 2.11 bits per heavy atom. The van der Waals surface area contributed by atoms with Crippen molar-refractivity contribution in [2.45, 2.75) is 31.7 Å². The molecule has 0 spiro atoms. The molecule has 1 fully saturated rings. The number of hydrogen-bond donors (Lipinski definition) is 1. The summed E-state index contributed by atoms with van der Waals surface area (Å²) in [5.74, 6) is 1.41. The highest BCUT2D eigenvalue weighted by atomic mass is 127. The maximum Gasteiger partial charge on any atom is 0.259 e. The van der Waals surface area contributed by atoms with Crippen LogP contribution in [0.25, 0.3) is 11.5 Å². The van der Waals surface area contributed by atoms with E-state index in [0.29, 0.717) is 5.89 Å². The summed E-state index contributed by atoms with van der Waals surface area (Å²) in [6, 6.07) is 8.30. The zero-order valence-electron chi connectivity index (χ0n) is 10.6. The molecule has 3 rings (SSSR count). The van der Waals surface area contributed by atoms with Gasteiger partial charge in [-0.3, -0.25) is 0 Å². The van der Waals surface area contributed by atoms with Crippen molar-refractivity contribution in [3.63, 3.8) is 0 Å². The normalized spacial score (nSPS) is 20.2. The van der Waals surface area contributed by atoms with Gasteiger partial charge in [0.25, 0.3) is 5.89 Å². The molecule has 1 aliphatic heterocycles. The SMILES string of the molecule is Ic1ccccc1-c1nc(C2CCCCCN2)no1. The number of aromatic nitrogens is 2. The second-order valence-electron chi connectivity index (χ2n) is 4.79. The van der Waals surface area contributed by atoms with Gasteiger partial charge in [-0.15, -0.1) is 0 Å². The number of halogens is 1. The zero-order valence-corrected chi connectivity index (χ0v) is 12.8. The van der Waals surface area contributed by atoms with Gasteiger partial charge in [0, 0.05) is 3.57 Å². The smallest absolute Gasteiger partial charge is 0.259 e. The highest BCUT2D eigenvalue weighted by molar-refractivity contribution is 14.1. The molecule has 1 unspecified atom stereocenters. The summed E-state index contributed by atoms with van der Waals surface area (Å²) >= 11 is 2.29. The summed E-state index contributed by atoms with van der Waals surface area (Å²) in [5, 5.41) is 7.64. The molecule has 1 aliphatic rings. The maximum absolute atomic E-state index is 5.42. The van der Waals surface area contributed by atoms with E-state index in [-0.39, 0.29) is 6.04 Å². The van der Waals surface area contributed by atoms with Gasteiger partial charge in [0.2, 0.25) is 0 Å². The lowest BCUT2D eigenvalue weighted by Gasteiger charge is -2.09. The molecule has 0 saturated carbocycles. The van der Waals surface area contributed by atoms with Crippen molar-refractivity contribution in [2.75, 3.05) is 6.54 Å². The van der Waals surface area contributed by atoms with Crippen LogP contribution in [0.1, 0.15) is 37.5 Å². The molecule has 5 heteroatoms. The van der Waals surface area contributed by atoms with Gasteiger partial charge in [-0.2, -0.15) is 4.98 Å². The monoisotopic (exact) mass is 369 g/mol. The Balaban J connectivity index is 1.85. The molecule has 0 radical (unpaired) electrons. The first-order valence-corrected chi connectivity index (χ1v) is 7.74. The van der Waals surface area contributed by atoms with E-state index < -0.39 is 0 Å². The fraction of sp³-hybridized carbons (Fsp3) is 0.429. The van der Waals surface area contributed by atoms with Crippen LogP contribution in [0.15, 0.2) is 28.8 Å². The van der Waals surface area contributed by atoms with E-state index in [1.54, 1.807) is 0 Å². The van der Waals surface area contributed by atoms with Crippen molar-refractivity contribution in [3.8, 4) is 11.5 Å². The Morgan fingerprint density at radius 3 is 3.00 bits per heavy atom. The van der Waals surface area contributed by atoms with Crippen molar-refractivity contribution in [1.29, 1.82) is 0 Å². The highest BCUT2D eigenvalue weighted by Crippen LogP contribution is 2.26. The number of nitrogens with one attached hydrogen (secondary N) is 1. The van der Waals surface area contributed by atoms with Crippen LogP contribution in [0.2, 0.25) is 0 Å². The summed E-state index contributed by atoms with van der Waals surface area (Å²) in [7, 11) is 0. The first kappa shape index (κ1) is 13.1. The van der Waals surface area contributed by atoms with Crippen LogP contribution in [0, 0.1) is 3.57 Å². The predicted molar refractivity (Wildman–Crippen MR) is 81.7 cm³/mol. The van der Waals surface area contributed by atoms with Gasteiger partial charge in [0.05, 0.1) is 11.6 Å². The fourth-order valence-electron chi connectivity index (χ4n) is 2.37. The predicted octanol–water partition coefficient (Wildman–Crippen LogP) is 3.55. The molecule has 100 valence electrons. The third-order valence-electron chi connectivity index (χ3n) is 3.42. The van der Waals surface area contributed by atoms with Crippen LogP contribution in [0.3, 0.4) is 0 Å². The van der Waals surface area contributed by atoms with Gasteiger partial charge in [0.15, 0.2) is 5.82 Å². The summed E-state index contributed by atoms with van der Waals surface area (Å²) in [5.41, 5.74) is 1.01. The van der Waals surface area contributed by atoms with Crippen LogP contribution in [-0.2, 0) is 0 Å². The molecule has 1 atom stereocenters. The van der Waals surface area contributed by atoms with Gasteiger partial charge in [0.1, 0.15) is 0 Å². The minimum Gasteiger partial charge on any atom is -0.334 e. The number of benzene rings is 1.